The van der Waals surface area contributed by atoms with Gasteiger partial charge >= 0.3 is 0 Å². The molecule has 0 saturated heterocycles. The summed E-state index contributed by atoms with van der Waals surface area (Å²) >= 11 is 0. The fourth-order valence-electron chi connectivity index (χ4n) is 5.36. The van der Waals surface area contributed by atoms with Crippen molar-refractivity contribution in [3.8, 4) is 28.2 Å². The van der Waals surface area contributed by atoms with Crippen LogP contribution in [0.15, 0.2) is 103 Å². The first-order chi connectivity index (χ1) is 18.1. The highest BCUT2D eigenvalue weighted by Crippen LogP contribution is 2.45. The van der Waals surface area contributed by atoms with E-state index in [0.717, 1.165) is 29.7 Å². The lowest BCUT2D eigenvalue weighted by atomic mass is 9.82. The fourth-order valence-corrected chi connectivity index (χ4v) is 5.36. The fraction of sp³-hybridized carbons (Fsp3) is 0.0909. The average Bonchev–Trinajstić information content (AvgIpc) is 3.29. The Balaban J connectivity index is 1.77. The topological polar surface area (TPSA) is 65.1 Å². The number of nitrogen functional groups attached to an aromatic ring is 1. The minimum absolute atomic E-state index is 0.150. The molecule has 37 heavy (non-hydrogen) atoms. The maximum atomic E-state index is 14.1. The summed E-state index contributed by atoms with van der Waals surface area (Å²) in [6, 6.07) is 32.7. The minimum atomic E-state index is -0.152. The number of aryl methyl sites for hydroxylation is 1. The third kappa shape index (κ3) is 3.61. The predicted molar refractivity (Wildman–Crippen MR) is 148 cm³/mol. The molecule has 0 unspecified atom stereocenters. The number of aromatic nitrogens is 1. The summed E-state index contributed by atoms with van der Waals surface area (Å²) in [5.74, 6) is -0.301. The Labute approximate surface area is 216 Å². The zero-order valence-electron chi connectivity index (χ0n) is 20.6. The first-order valence-electron chi connectivity index (χ1n) is 12.6. The van der Waals surface area contributed by atoms with Crippen molar-refractivity contribution in [2.45, 2.75) is 19.8 Å². The summed E-state index contributed by atoms with van der Waals surface area (Å²) in [5, 5.41) is 0. The van der Waals surface area contributed by atoms with Crippen LogP contribution >= 0.6 is 0 Å². The van der Waals surface area contributed by atoms with Crippen molar-refractivity contribution in [1.82, 2.24) is 4.57 Å². The van der Waals surface area contributed by atoms with Gasteiger partial charge in [-0.3, -0.25) is 9.59 Å². The lowest BCUT2D eigenvalue weighted by Gasteiger charge is -2.17. The van der Waals surface area contributed by atoms with Crippen LogP contribution in [-0.2, 0) is 6.42 Å². The number of hydrogen-bond acceptors (Lipinski definition) is 3. The quantitative estimate of drug-likeness (QED) is 0.266. The molecule has 1 heterocycles. The summed E-state index contributed by atoms with van der Waals surface area (Å²) < 4.78 is 2.01. The number of nitrogens with two attached hydrogens (primary N) is 1. The largest absolute Gasteiger partial charge is 0.397 e. The van der Waals surface area contributed by atoms with Crippen LogP contribution in [0.4, 0.5) is 5.69 Å². The number of para-hydroxylation sites is 2. The third-order valence-corrected chi connectivity index (χ3v) is 7.03. The number of rotatable bonds is 5. The highest BCUT2D eigenvalue weighted by Gasteiger charge is 2.39. The van der Waals surface area contributed by atoms with Gasteiger partial charge in [-0.1, -0.05) is 104 Å². The molecule has 4 aromatic carbocycles. The number of benzene rings is 4. The molecule has 1 aliphatic rings. The molecule has 5 aromatic rings. The van der Waals surface area contributed by atoms with Gasteiger partial charge in [0.15, 0.2) is 11.6 Å². The first-order valence-corrected chi connectivity index (χ1v) is 12.6. The molecular formula is C33H26N2O2. The highest BCUT2D eigenvalue weighted by atomic mass is 16.1. The number of hydrogen-bond donors (Lipinski definition) is 1. The normalized spacial score (nSPS) is 12.4. The molecule has 0 fully saturated rings. The highest BCUT2D eigenvalue weighted by molar-refractivity contribution is 6.32. The van der Waals surface area contributed by atoms with Crippen LogP contribution in [0.3, 0.4) is 0 Å². The molecular weight excluding hydrogens is 456 g/mol. The molecule has 4 nitrogen and oxygen atoms in total. The van der Waals surface area contributed by atoms with Gasteiger partial charge in [-0.05, 0) is 35.2 Å². The van der Waals surface area contributed by atoms with Gasteiger partial charge in [0.2, 0.25) is 0 Å². The van der Waals surface area contributed by atoms with Crippen molar-refractivity contribution < 1.29 is 9.59 Å². The maximum Gasteiger partial charge on any atom is 0.196 e. The summed E-state index contributed by atoms with van der Waals surface area (Å²) in [7, 11) is 0. The van der Waals surface area contributed by atoms with Crippen molar-refractivity contribution in [2.24, 2.45) is 0 Å². The van der Waals surface area contributed by atoms with E-state index in [1.54, 1.807) is 24.3 Å². The van der Waals surface area contributed by atoms with Crippen LogP contribution in [0.5, 0.6) is 0 Å². The summed E-state index contributed by atoms with van der Waals surface area (Å²) in [4.78, 5) is 28.2. The van der Waals surface area contributed by atoms with Gasteiger partial charge in [-0.2, -0.15) is 0 Å². The van der Waals surface area contributed by atoms with Crippen molar-refractivity contribution >= 4 is 17.3 Å². The lowest BCUT2D eigenvalue weighted by molar-refractivity contribution is 0.0981. The Morgan fingerprint density at radius 3 is 1.70 bits per heavy atom. The van der Waals surface area contributed by atoms with Crippen LogP contribution < -0.4 is 5.73 Å². The number of fused-ring (bicyclic) bond motifs is 2. The third-order valence-electron chi connectivity index (χ3n) is 7.03. The van der Waals surface area contributed by atoms with Gasteiger partial charge < -0.3 is 10.3 Å². The van der Waals surface area contributed by atoms with E-state index < -0.39 is 0 Å². The van der Waals surface area contributed by atoms with E-state index in [0.29, 0.717) is 39.3 Å². The number of anilines is 1. The lowest BCUT2D eigenvalue weighted by Crippen LogP contribution is -2.20. The second-order valence-electron chi connectivity index (χ2n) is 9.36. The summed E-state index contributed by atoms with van der Waals surface area (Å²) in [6.45, 7) is 2.15. The zero-order valence-corrected chi connectivity index (χ0v) is 20.6. The molecule has 0 aliphatic heterocycles. The molecule has 1 aromatic heterocycles. The second kappa shape index (κ2) is 9.07. The Bertz CT molecular complexity index is 1660. The molecule has 180 valence electrons. The molecule has 6 rings (SSSR count). The van der Waals surface area contributed by atoms with Gasteiger partial charge in [0, 0.05) is 11.1 Å². The van der Waals surface area contributed by atoms with E-state index in [4.69, 9.17) is 5.73 Å². The molecule has 1 aliphatic carbocycles. The monoisotopic (exact) mass is 482 g/mol. The Morgan fingerprint density at radius 1 is 0.622 bits per heavy atom. The molecule has 0 spiro atoms. The van der Waals surface area contributed by atoms with E-state index in [-0.39, 0.29) is 11.6 Å². The van der Waals surface area contributed by atoms with E-state index in [1.807, 2.05) is 71.3 Å². The molecule has 2 N–H and O–H groups in total. The Morgan fingerprint density at radius 2 is 1.14 bits per heavy atom. The van der Waals surface area contributed by atoms with E-state index in [1.165, 1.54) is 5.56 Å². The van der Waals surface area contributed by atoms with Gasteiger partial charge in [-0.25, -0.2) is 0 Å². The van der Waals surface area contributed by atoms with Crippen LogP contribution in [0.1, 0.15) is 50.8 Å². The number of nitrogens with zero attached hydrogens (tertiary/aromatic N) is 1. The molecule has 4 heteroatoms. The number of carbonyl (C=O) groups is 2. The van der Waals surface area contributed by atoms with Crippen LogP contribution in [0, 0.1) is 0 Å². The molecule has 0 saturated carbocycles. The SMILES string of the molecule is CCCc1ccc(-c2c3c(c(-c4ccccc4)n2-c2ccccc2N)C(=O)c2ccccc2C3=O)cc1. The number of carbonyl (C=O) groups excluding carboxylic acids is 2. The summed E-state index contributed by atoms with van der Waals surface area (Å²) in [5.41, 5.74) is 13.8. The Kier molecular flexibility index (Phi) is 5.57. The smallest absolute Gasteiger partial charge is 0.196 e. The second-order valence-corrected chi connectivity index (χ2v) is 9.36. The summed E-state index contributed by atoms with van der Waals surface area (Å²) in [6.07, 6.45) is 2.03. The Hall–Kier alpha value is -4.70. The predicted octanol–water partition coefficient (Wildman–Crippen LogP) is 7.12. The first kappa shape index (κ1) is 22.7. The molecule has 0 amide bonds. The zero-order chi connectivity index (χ0) is 25.5. The van der Waals surface area contributed by atoms with Crippen molar-refractivity contribution in [1.29, 1.82) is 0 Å². The molecule has 0 atom stereocenters. The van der Waals surface area contributed by atoms with Gasteiger partial charge in [0.05, 0.1) is 33.9 Å². The molecule has 0 bridgehead atoms. The van der Waals surface area contributed by atoms with E-state index >= 15 is 0 Å². The van der Waals surface area contributed by atoms with Crippen LogP contribution in [0.25, 0.3) is 28.2 Å². The minimum Gasteiger partial charge on any atom is -0.397 e. The maximum absolute atomic E-state index is 14.1. The van der Waals surface area contributed by atoms with Crippen LogP contribution in [-0.4, -0.2) is 16.1 Å². The standard InChI is InChI=1S/C33H26N2O2/c1-2-10-21-17-19-23(20-18-21)31-29-28(32(36)24-13-6-7-14-25(24)33(29)37)30(22-11-4-3-5-12-22)35(31)27-16-9-8-15-26(27)34/h3-9,11-20H,2,10,34H2,1H3. The van der Waals surface area contributed by atoms with Crippen molar-refractivity contribution in [2.75, 3.05) is 5.73 Å². The van der Waals surface area contributed by atoms with Gasteiger partial charge in [0.1, 0.15) is 0 Å². The molecule has 0 radical (unpaired) electrons. The average molecular weight is 483 g/mol. The van der Waals surface area contributed by atoms with Gasteiger partial charge in [0.25, 0.3) is 0 Å². The van der Waals surface area contributed by atoms with Crippen LogP contribution in [0.2, 0.25) is 0 Å². The van der Waals surface area contributed by atoms with Crippen molar-refractivity contribution in [3.63, 3.8) is 0 Å². The van der Waals surface area contributed by atoms with E-state index in [2.05, 4.69) is 19.1 Å². The number of ketones is 2. The van der Waals surface area contributed by atoms with Gasteiger partial charge in [-0.15, -0.1) is 0 Å². The van der Waals surface area contributed by atoms with E-state index in [9.17, 15) is 9.59 Å². The van der Waals surface area contributed by atoms with Crippen molar-refractivity contribution in [3.05, 3.63) is 131 Å².